The van der Waals surface area contributed by atoms with Gasteiger partial charge in [0.15, 0.2) is 0 Å². The van der Waals surface area contributed by atoms with E-state index in [4.69, 9.17) is 4.74 Å². The molecule has 0 saturated carbocycles. The van der Waals surface area contributed by atoms with Gasteiger partial charge >= 0.3 is 11.9 Å². The lowest BCUT2D eigenvalue weighted by Gasteiger charge is -2.53. The lowest BCUT2D eigenvalue weighted by molar-refractivity contribution is -0.161. The molecule has 0 aliphatic carbocycles. The lowest BCUT2D eigenvalue weighted by atomic mass is 9.79. The molecule has 0 unspecified atom stereocenters. The van der Waals surface area contributed by atoms with Crippen molar-refractivity contribution in [2.24, 2.45) is 0 Å². The summed E-state index contributed by atoms with van der Waals surface area (Å²) in [4.78, 5) is 25.1. The first kappa shape index (κ1) is 17.0. The molecule has 1 aliphatic rings. The van der Waals surface area contributed by atoms with Crippen molar-refractivity contribution >= 4 is 11.9 Å². The Morgan fingerprint density at radius 3 is 1.95 bits per heavy atom. The number of ether oxygens (including phenoxy) is 2. The predicted octanol–water partition coefficient (Wildman–Crippen LogP) is 2.13. The summed E-state index contributed by atoms with van der Waals surface area (Å²) < 4.78 is 10.0. The molecule has 0 amide bonds. The van der Waals surface area contributed by atoms with Gasteiger partial charge < -0.3 is 9.47 Å². The Morgan fingerprint density at radius 1 is 1.05 bits per heavy atom. The third kappa shape index (κ3) is 4.20. The van der Waals surface area contributed by atoms with Crippen LogP contribution in [-0.4, -0.2) is 48.2 Å². The molecule has 0 aromatic heterocycles. The average Bonchev–Trinajstić information content (AvgIpc) is 2.32. The van der Waals surface area contributed by atoms with Gasteiger partial charge in [-0.3, -0.25) is 14.5 Å². The van der Waals surface area contributed by atoms with Gasteiger partial charge in [-0.15, -0.1) is 0 Å². The van der Waals surface area contributed by atoms with E-state index >= 15 is 0 Å². The maximum absolute atomic E-state index is 11.8. The number of likely N-dealkylation sites (tertiary alicyclic amines) is 1. The molecule has 0 bridgehead atoms. The van der Waals surface area contributed by atoms with Crippen LogP contribution in [0.5, 0.6) is 0 Å². The molecule has 5 nitrogen and oxygen atoms in total. The van der Waals surface area contributed by atoms with Gasteiger partial charge in [-0.25, -0.2) is 0 Å². The largest absolute Gasteiger partial charge is 0.469 e. The summed E-state index contributed by atoms with van der Waals surface area (Å²) in [5.74, 6) is -0.706. The second kappa shape index (κ2) is 6.12. The predicted molar refractivity (Wildman–Crippen MR) is 76.3 cm³/mol. The fraction of sp³-hybridized carbons (Fsp3) is 0.867. The third-order valence-corrected chi connectivity index (χ3v) is 4.33. The van der Waals surface area contributed by atoms with Crippen molar-refractivity contribution in [1.82, 2.24) is 4.90 Å². The molecule has 0 aromatic carbocycles. The monoisotopic (exact) mass is 285 g/mol. The molecule has 5 heteroatoms. The maximum atomic E-state index is 11.8. The molecular weight excluding hydrogens is 258 g/mol. The minimum Gasteiger partial charge on any atom is -0.469 e. The number of rotatable bonds is 4. The van der Waals surface area contributed by atoms with Gasteiger partial charge in [0, 0.05) is 23.9 Å². The van der Waals surface area contributed by atoms with Gasteiger partial charge in [-0.2, -0.15) is 0 Å². The number of carbonyl (C=O) groups excluding carboxylic acids is 2. The van der Waals surface area contributed by atoms with Crippen molar-refractivity contribution < 1.29 is 19.1 Å². The summed E-state index contributed by atoms with van der Waals surface area (Å²) in [6.07, 6.45) is 1.67. The van der Waals surface area contributed by atoms with E-state index in [0.29, 0.717) is 0 Å². The molecule has 0 aromatic rings. The second-order valence-electron chi connectivity index (χ2n) is 6.78. The van der Waals surface area contributed by atoms with Gasteiger partial charge in [0.05, 0.1) is 20.0 Å². The molecule has 0 atom stereocenters. The van der Waals surface area contributed by atoms with Gasteiger partial charge in [-0.05, 0) is 34.7 Å². The minimum atomic E-state index is -0.383. The SMILES string of the molecule is COC(=O)CCC(=O)OC1CC(C)(C)N(C)C(C)(C)C1. The topological polar surface area (TPSA) is 55.8 Å². The van der Waals surface area contributed by atoms with Crippen LogP contribution in [0.2, 0.25) is 0 Å². The highest BCUT2D eigenvalue weighted by Gasteiger charge is 2.44. The Balaban J connectivity index is 2.56. The number of methoxy groups -OCH3 is 1. The smallest absolute Gasteiger partial charge is 0.306 e. The van der Waals surface area contributed by atoms with E-state index < -0.39 is 0 Å². The molecule has 0 spiro atoms. The number of carbonyl (C=O) groups is 2. The lowest BCUT2D eigenvalue weighted by Crippen LogP contribution is -2.60. The Hall–Kier alpha value is -1.10. The zero-order chi connectivity index (χ0) is 15.6. The highest BCUT2D eigenvalue weighted by molar-refractivity contribution is 5.77. The van der Waals surface area contributed by atoms with Crippen LogP contribution >= 0.6 is 0 Å². The fourth-order valence-corrected chi connectivity index (χ4v) is 2.91. The van der Waals surface area contributed by atoms with Crippen LogP contribution in [0.3, 0.4) is 0 Å². The Labute approximate surface area is 121 Å². The zero-order valence-electron chi connectivity index (χ0n) is 13.5. The van der Waals surface area contributed by atoms with E-state index in [1.54, 1.807) is 0 Å². The molecule has 1 fully saturated rings. The summed E-state index contributed by atoms with van der Waals surface area (Å²) in [5, 5.41) is 0. The summed E-state index contributed by atoms with van der Waals surface area (Å²) in [6, 6.07) is 0. The molecular formula is C15H27NO4. The van der Waals surface area contributed by atoms with E-state index in [0.717, 1.165) is 12.8 Å². The molecule has 1 rings (SSSR count). The van der Waals surface area contributed by atoms with Crippen LogP contribution in [0, 0.1) is 0 Å². The van der Waals surface area contributed by atoms with Crippen LogP contribution in [0.15, 0.2) is 0 Å². The van der Waals surface area contributed by atoms with Gasteiger partial charge in [0.1, 0.15) is 6.10 Å². The number of piperidine rings is 1. The van der Waals surface area contributed by atoms with Crippen LogP contribution in [0.1, 0.15) is 53.4 Å². The maximum Gasteiger partial charge on any atom is 0.306 e. The Kier molecular flexibility index (Phi) is 5.19. The van der Waals surface area contributed by atoms with Gasteiger partial charge in [0.25, 0.3) is 0 Å². The Morgan fingerprint density at radius 2 is 1.50 bits per heavy atom. The summed E-state index contributed by atoms with van der Waals surface area (Å²) in [5.41, 5.74) is -0.0376. The third-order valence-electron chi connectivity index (χ3n) is 4.33. The van der Waals surface area contributed by atoms with Crippen LogP contribution < -0.4 is 0 Å². The number of hydrogen-bond donors (Lipinski definition) is 0. The normalized spacial score (nSPS) is 22.3. The molecule has 1 saturated heterocycles. The van der Waals surface area contributed by atoms with Crippen molar-refractivity contribution in [2.45, 2.75) is 70.6 Å². The number of esters is 2. The first-order chi connectivity index (χ1) is 9.08. The number of nitrogens with zero attached hydrogens (tertiary/aromatic N) is 1. The van der Waals surface area contributed by atoms with Gasteiger partial charge in [0.2, 0.25) is 0 Å². The van der Waals surface area contributed by atoms with Gasteiger partial charge in [-0.1, -0.05) is 0 Å². The van der Waals surface area contributed by atoms with Crippen molar-refractivity contribution in [1.29, 1.82) is 0 Å². The highest BCUT2D eigenvalue weighted by atomic mass is 16.5. The van der Waals surface area contributed by atoms with Crippen molar-refractivity contribution in [3.8, 4) is 0 Å². The number of hydrogen-bond acceptors (Lipinski definition) is 5. The van der Waals surface area contributed by atoms with Crippen LogP contribution in [-0.2, 0) is 19.1 Å². The van der Waals surface area contributed by atoms with E-state index in [1.807, 2.05) is 0 Å². The van der Waals surface area contributed by atoms with E-state index in [1.165, 1.54) is 7.11 Å². The molecule has 0 radical (unpaired) electrons. The van der Waals surface area contributed by atoms with Crippen molar-refractivity contribution in [3.05, 3.63) is 0 Å². The minimum absolute atomic E-state index is 0.0188. The summed E-state index contributed by atoms with van der Waals surface area (Å²) in [7, 11) is 3.42. The fourth-order valence-electron chi connectivity index (χ4n) is 2.91. The van der Waals surface area contributed by atoms with E-state index in [-0.39, 0.29) is 42.0 Å². The van der Waals surface area contributed by atoms with E-state index in [2.05, 4.69) is 44.4 Å². The zero-order valence-corrected chi connectivity index (χ0v) is 13.5. The molecule has 20 heavy (non-hydrogen) atoms. The van der Waals surface area contributed by atoms with Crippen molar-refractivity contribution in [2.75, 3.05) is 14.2 Å². The first-order valence-electron chi connectivity index (χ1n) is 7.09. The molecule has 1 heterocycles. The summed E-state index contributed by atoms with van der Waals surface area (Å²) in [6.45, 7) is 8.62. The Bertz CT molecular complexity index is 358. The quantitative estimate of drug-likeness (QED) is 0.741. The highest BCUT2D eigenvalue weighted by Crippen LogP contribution is 2.38. The van der Waals surface area contributed by atoms with Crippen LogP contribution in [0.4, 0.5) is 0 Å². The molecule has 0 N–H and O–H groups in total. The van der Waals surface area contributed by atoms with Crippen molar-refractivity contribution in [3.63, 3.8) is 0 Å². The standard InChI is InChI=1S/C15H27NO4/c1-14(2)9-11(10-15(3,4)16(14)5)20-13(18)8-7-12(17)19-6/h11H,7-10H2,1-6H3. The molecule has 1 aliphatic heterocycles. The van der Waals surface area contributed by atoms with Crippen LogP contribution in [0.25, 0.3) is 0 Å². The second-order valence-corrected chi connectivity index (χ2v) is 6.78. The van der Waals surface area contributed by atoms with E-state index in [9.17, 15) is 9.59 Å². The summed E-state index contributed by atoms with van der Waals surface area (Å²) >= 11 is 0. The molecule has 116 valence electrons. The first-order valence-corrected chi connectivity index (χ1v) is 7.09. The average molecular weight is 285 g/mol.